The number of likely N-dealkylation sites (N-methyl/N-ethyl adjacent to an activating group) is 1. The van der Waals surface area contributed by atoms with E-state index in [1.165, 1.54) is 4.90 Å². The molecule has 0 aliphatic carbocycles. The van der Waals surface area contributed by atoms with E-state index in [0.29, 0.717) is 19.3 Å². The Hall–Kier alpha value is -3.97. The fourth-order valence-corrected chi connectivity index (χ4v) is 5.36. The number of piperazine rings is 1. The summed E-state index contributed by atoms with van der Waals surface area (Å²) in [5.74, 6) is -0.932. The van der Waals surface area contributed by atoms with Gasteiger partial charge in [0.05, 0.1) is 5.56 Å². The third-order valence-corrected chi connectivity index (χ3v) is 7.51. The van der Waals surface area contributed by atoms with Crippen molar-refractivity contribution in [1.82, 2.24) is 19.6 Å². The molecular formula is C27H27F6N5O3. The van der Waals surface area contributed by atoms with Crippen LogP contribution in [0.15, 0.2) is 65.1 Å². The summed E-state index contributed by atoms with van der Waals surface area (Å²) in [5.41, 5.74) is -5.05. The van der Waals surface area contributed by atoms with Gasteiger partial charge in [0, 0.05) is 58.9 Å². The minimum atomic E-state index is -4.82. The second-order valence-corrected chi connectivity index (χ2v) is 10.1. The Morgan fingerprint density at radius 3 is 2.20 bits per heavy atom. The van der Waals surface area contributed by atoms with Crippen molar-refractivity contribution in [3.8, 4) is 5.75 Å². The van der Waals surface area contributed by atoms with Gasteiger partial charge >= 0.3 is 12.4 Å². The number of halogens is 6. The number of amides is 2. The van der Waals surface area contributed by atoms with E-state index in [9.17, 15) is 35.9 Å². The molecule has 4 aliphatic heterocycles. The molecule has 0 bridgehead atoms. The van der Waals surface area contributed by atoms with E-state index >= 15 is 0 Å². The number of likely N-dealkylation sites (tertiary alicyclic amines) is 1. The van der Waals surface area contributed by atoms with Crippen molar-refractivity contribution < 1.29 is 40.7 Å². The number of nitrogens with zero attached hydrogens (tertiary/aromatic N) is 5. The summed E-state index contributed by atoms with van der Waals surface area (Å²) in [6.45, 7) is 2.01. The Labute approximate surface area is 231 Å². The van der Waals surface area contributed by atoms with Crippen molar-refractivity contribution >= 4 is 17.5 Å². The smallest absolute Gasteiger partial charge is 0.420 e. The van der Waals surface area contributed by atoms with E-state index in [2.05, 4.69) is 14.8 Å². The van der Waals surface area contributed by atoms with Gasteiger partial charge in [0.2, 0.25) is 0 Å². The minimum Gasteiger partial charge on any atom is -0.458 e. The molecule has 0 N–H and O–H groups in total. The van der Waals surface area contributed by atoms with Crippen molar-refractivity contribution in [3.05, 3.63) is 65.7 Å². The van der Waals surface area contributed by atoms with Crippen LogP contribution in [0, 0.1) is 0 Å². The molecule has 0 saturated carbocycles. The van der Waals surface area contributed by atoms with Gasteiger partial charge in [-0.3, -0.25) is 14.5 Å². The van der Waals surface area contributed by atoms with Gasteiger partial charge < -0.3 is 19.4 Å². The van der Waals surface area contributed by atoms with Crippen LogP contribution in [0.5, 0.6) is 5.75 Å². The zero-order chi connectivity index (χ0) is 29.6. The highest BCUT2D eigenvalue weighted by molar-refractivity contribution is 6.47. The second-order valence-electron chi connectivity index (χ2n) is 10.1. The van der Waals surface area contributed by atoms with Crippen LogP contribution in [0.3, 0.4) is 0 Å². The van der Waals surface area contributed by atoms with E-state index in [4.69, 9.17) is 4.74 Å². The number of rotatable bonds is 5. The van der Waals surface area contributed by atoms with Crippen LogP contribution in [0.1, 0.15) is 18.4 Å². The summed E-state index contributed by atoms with van der Waals surface area (Å²) < 4.78 is 85.6. The molecule has 2 fully saturated rings. The Balaban J connectivity index is 1.42. The van der Waals surface area contributed by atoms with E-state index < -0.39 is 46.7 Å². The van der Waals surface area contributed by atoms with Crippen LogP contribution in [-0.4, -0.2) is 95.3 Å². The number of benzene rings is 1. The van der Waals surface area contributed by atoms with Gasteiger partial charge in [-0.25, -0.2) is 4.99 Å². The number of hydrogen-bond donors (Lipinski definition) is 0. The summed E-state index contributed by atoms with van der Waals surface area (Å²) in [6, 6.07) is 3.60. The zero-order valence-electron chi connectivity index (χ0n) is 22.0. The topological polar surface area (TPSA) is 68.7 Å². The van der Waals surface area contributed by atoms with E-state index in [1.54, 1.807) is 0 Å². The normalized spacial score (nSPS) is 23.1. The number of aliphatic imine (C=N–C) groups is 1. The van der Waals surface area contributed by atoms with Crippen molar-refractivity contribution in [2.24, 2.45) is 4.99 Å². The first-order valence-corrected chi connectivity index (χ1v) is 13.0. The lowest BCUT2D eigenvalue weighted by Gasteiger charge is -2.45. The van der Waals surface area contributed by atoms with Crippen molar-refractivity contribution in [1.29, 1.82) is 0 Å². The van der Waals surface area contributed by atoms with Gasteiger partial charge in [0.25, 0.3) is 17.5 Å². The summed E-state index contributed by atoms with van der Waals surface area (Å²) in [5, 5.41) is 0. The second kappa shape index (κ2) is 10.5. The maximum atomic E-state index is 14.1. The number of carbonyl (C=O) groups is 2. The predicted octanol–water partition coefficient (Wildman–Crippen LogP) is 3.79. The molecule has 5 rings (SSSR count). The van der Waals surface area contributed by atoms with Crippen LogP contribution in [0.4, 0.5) is 26.3 Å². The van der Waals surface area contributed by atoms with Gasteiger partial charge in [0.1, 0.15) is 22.9 Å². The first-order valence-electron chi connectivity index (χ1n) is 13.0. The molecule has 14 heteroatoms. The Bertz CT molecular complexity index is 1330. The average Bonchev–Trinajstić information content (AvgIpc) is 3.31. The molecule has 8 nitrogen and oxygen atoms in total. The molecule has 4 aliphatic rings. The van der Waals surface area contributed by atoms with Gasteiger partial charge in [-0.1, -0.05) is 12.2 Å². The lowest BCUT2D eigenvalue weighted by Crippen LogP contribution is -2.65. The number of allylic oxidation sites excluding steroid dienone is 2. The Kier molecular flexibility index (Phi) is 7.28. The number of carbonyl (C=O) groups excluding carboxylic acids is 2. The van der Waals surface area contributed by atoms with Gasteiger partial charge in [0.15, 0.2) is 0 Å². The minimum absolute atomic E-state index is 0.0597. The molecule has 1 aromatic rings. The fraction of sp³-hybridized carbons (Fsp3) is 0.444. The molecule has 4 heterocycles. The molecule has 1 unspecified atom stereocenters. The summed E-state index contributed by atoms with van der Waals surface area (Å²) in [7, 11) is 1.94. The van der Waals surface area contributed by atoms with Gasteiger partial charge in [-0.2, -0.15) is 26.3 Å². The predicted molar refractivity (Wildman–Crippen MR) is 135 cm³/mol. The highest BCUT2D eigenvalue weighted by atomic mass is 19.4. The van der Waals surface area contributed by atoms with Crippen LogP contribution < -0.4 is 4.74 Å². The SMILES string of the molecule is CN1CC=CC=C1N1CCN(C(=O)C2(Oc3ccc(C(F)(F)F)cc3)CCCN2C(=O)C2=NC=C2C(F)(F)F)CC1. The third kappa shape index (κ3) is 5.38. The lowest BCUT2D eigenvalue weighted by molar-refractivity contribution is -0.170. The number of ether oxygens (including phenoxy) is 1. The van der Waals surface area contributed by atoms with E-state index in [0.717, 1.165) is 41.5 Å². The highest BCUT2D eigenvalue weighted by Crippen LogP contribution is 2.39. The van der Waals surface area contributed by atoms with Gasteiger partial charge in [-0.05, 0) is 36.8 Å². The fourth-order valence-electron chi connectivity index (χ4n) is 5.36. The first-order chi connectivity index (χ1) is 19.3. The van der Waals surface area contributed by atoms with E-state index in [-0.39, 0.29) is 38.2 Å². The van der Waals surface area contributed by atoms with E-state index in [1.807, 2.05) is 25.3 Å². The third-order valence-electron chi connectivity index (χ3n) is 7.51. The lowest BCUT2D eigenvalue weighted by atomic mass is 10.0. The standard InChI is InChI=1S/C27H27F6N5O3/c1-35-11-3-2-5-21(35)36-13-15-37(16-14-36)24(40)25(41-19-8-6-18(7-9-19)26(28,29)30)10-4-12-38(25)23(39)22-20(17-34-22)27(31,32)33/h2-3,5-9,17H,4,10-16H2,1H3. The Morgan fingerprint density at radius 1 is 0.951 bits per heavy atom. The molecule has 0 spiro atoms. The quantitative estimate of drug-likeness (QED) is 0.494. The molecule has 1 atom stereocenters. The molecule has 220 valence electrons. The molecule has 2 amide bonds. The molecular weight excluding hydrogens is 556 g/mol. The highest BCUT2D eigenvalue weighted by Gasteiger charge is 2.57. The van der Waals surface area contributed by atoms with Gasteiger partial charge in [-0.15, -0.1) is 0 Å². The first kappa shape index (κ1) is 28.6. The Morgan fingerprint density at radius 2 is 1.63 bits per heavy atom. The molecule has 0 aromatic heterocycles. The van der Waals surface area contributed by atoms with Crippen molar-refractivity contribution in [2.45, 2.75) is 30.9 Å². The largest absolute Gasteiger partial charge is 0.458 e. The van der Waals surface area contributed by atoms with Crippen LogP contribution in [0.25, 0.3) is 0 Å². The molecule has 0 radical (unpaired) electrons. The van der Waals surface area contributed by atoms with Crippen molar-refractivity contribution in [2.75, 3.05) is 46.3 Å². The maximum Gasteiger partial charge on any atom is 0.420 e. The number of alkyl halides is 6. The monoisotopic (exact) mass is 583 g/mol. The summed E-state index contributed by atoms with van der Waals surface area (Å²) in [4.78, 5) is 37.6. The maximum absolute atomic E-state index is 14.1. The van der Waals surface area contributed by atoms with Crippen LogP contribution in [-0.2, 0) is 15.8 Å². The summed E-state index contributed by atoms with van der Waals surface area (Å²) >= 11 is 0. The number of hydrogen-bond acceptors (Lipinski definition) is 6. The van der Waals surface area contributed by atoms with Crippen LogP contribution >= 0.6 is 0 Å². The molecule has 1 aromatic carbocycles. The zero-order valence-corrected chi connectivity index (χ0v) is 22.0. The van der Waals surface area contributed by atoms with Crippen LogP contribution in [0.2, 0.25) is 0 Å². The average molecular weight is 584 g/mol. The summed E-state index contributed by atoms with van der Waals surface area (Å²) in [6.07, 6.45) is -2.83. The molecule has 41 heavy (non-hydrogen) atoms. The molecule has 2 saturated heterocycles. The van der Waals surface area contributed by atoms with Crippen molar-refractivity contribution in [3.63, 3.8) is 0 Å².